The first kappa shape index (κ1) is 18.6. The van der Waals surface area contributed by atoms with E-state index in [0.717, 1.165) is 11.1 Å². The Kier molecular flexibility index (Phi) is 6.10. The van der Waals surface area contributed by atoms with Gasteiger partial charge >= 0.3 is 12.2 Å². The van der Waals surface area contributed by atoms with Crippen LogP contribution in [0.15, 0.2) is 24.3 Å². The zero-order chi connectivity index (χ0) is 17.7. The first-order valence-corrected chi connectivity index (χ1v) is 8.10. The van der Waals surface area contributed by atoms with Crippen molar-refractivity contribution in [1.82, 2.24) is 10.2 Å². The standard InChI is InChI=1S/C17H23F3N2O2/c1-12-3-2-4-13(11-12)5-8-21-16(24)22-9-6-14(7-10-22)15(23)17(18,19)20/h2-4,11,14-15,23H,5-10H2,1H3,(H,21,24). The number of aliphatic hydroxyl groups is 1. The van der Waals surface area contributed by atoms with Crippen molar-refractivity contribution in [1.29, 1.82) is 0 Å². The van der Waals surface area contributed by atoms with Crippen molar-refractivity contribution in [3.8, 4) is 0 Å². The van der Waals surface area contributed by atoms with Gasteiger partial charge in [0, 0.05) is 19.6 Å². The molecule has 0 bridgehead atoms. The molecule has 134 valence electrons. The van der Waals surface area contributed by atoms with Gasteiger partial charge in [-0.2, -0.15) is 13.2 Å². The molecule has 1 aromatic carbocycles. The van der Waals surface area contributed by atoms with E-state index < -0.39 is 18.2 Å². The number of nitrogens with zero attached hydrogens (tertiary/aromatic N) is 1. The molecule has 1 aromatic rings. The van der Waals surface area contributed by atoms with E-state index in [-0.39, 0.29) is 32.0 Å². The predicted octanol–water partition coefficient (Wildman–Crippen LogP) is 2.88. The lowest BCUT2D eigenvalue weighted by atomic mass is 9.91. The lowest BCUT2D eigenvalue weighted by molar-refractivity contribution is -0.222. The van der Waals surface area contributed by atoms with Crippen LogP contribution >= 0.6 is 0 Å². The Bertz CT molecular complexity index is 555. The Balaban J connectivity index is 1.73. The van der Waals surface area contributed by atoms with Gasteiger partial charge in [-0.1, -0.05) is 29.8 Å². The third-order valence-corrected chi connectivity index (χ3v) is 4.38. The average Bonchev–Trinajstić information content (AvgIpc) is 2.53. The first-order valence-electron chi connectivity index (χ1n) is 8.10. The number of carbonyl (C=O) groups is 1. The van der Waals surface area contributed by atoms with Gasteiger partial charge in [-0.25, -0.2) is 4.79 Å². The van der Waals surface area contributed by atoms with Crippen LogP contribution in [0.1, 0.15) is 24.0 Å². The number of carbonyl (C=O) groups excluding carboxylic acids is 1. The lowest BCUT2D eigenvalue weighted by Gasteiger charge is -2.34. The van der Waals surface area contributed by atoms with Crippen molar-refractivity contribution < 1.29 is 23.1 Å². The average molecular weight is 344 g/mol. The number of hydrogen-bond donors (Lipinski definition) is 2. The molecule has 1 unspecified atom stereocenters. The summed E-state index contributed by atoms with van der Waals surface area (Å²) in [5.41, 5.74) is 2.28. The van der Waals surface area contributed by atoms with Crippen molar-refractivity contribution in [3.63, 3.8) is 0 Å². The number of amides is 2. The molecule has 2 amide bonds. The first-order chi connectivity index (χ1) is 11.3. The second-order valence-corrected chi connectivity index (χ2v) is 6.28. The Morgan fingerprint density at radius 3 is 2.62 bits per heavy atom. The van der Waals surface area contributed by atoms with Crippen LogP contribution in [0.2, 0.25) is 0 Å². The maximum atomic E-state index is 12.5. The highest BCUT2D eigenvalue weighted by atomic mass is 19.4. The summed E-state index contributed by atoms with van der Waals surface area (Å²) in [7, 11) is 0. The minimum Gasteiger partial charge on any atom is -0.383 e. The minimum atomic E-state index is -4.59. The summed E-state index contributed by atoms with van der Waals surface area (Å²) >= 11 is 0. The number of likely N-dealkylation sites (tertiary alicyclic amines) is 1. The topological polar surface area (TPSA) is 52.6 Å². The normalized spacial score (nSPS) is 17.6. The van der Waals surface area contributed by atoms with E-state index in [0.29, 0.717) is 13.0 Å². The van der Waals surface area contributed by atoms with Crippen molar-refractivity contribution >= 4 is 6.03 Å². The summed E-state index contributed by atoms with van der Waals surface area (Å²) in [4.78, 5) is 13.6. The fourth-order valence-electron chi connectivity index (χ4n) is 2.98. The molecule has 0 radical (unpaired) electrons. The van der Waals surface area contributed by atoms with Gasteiger partial charge in [-0.3, -0.25) is 0 Å². The molecule has 1 fully saturated rings. The van der Waals surface area contributed by atoms with Crippen LogP contribution in [0.4, 0.5) is 18.0 Å². The lowest BCUT2D eigenvalue weighted by Crippen LogP contribution is -2.48. The summed E-state index contributed by atoms with van der Waals surface area (Å²) < 4.78 is 37.5. The van der Waals surface area contributed by atoms with Crippen molar-refractivity contribution in [2.45, 2.75) is 38.5 Å². The van der Waals surface area contributed by atoms with Crippen LogP contribution in [0.25, 0.3) is 0 Å². The Hall–Kier alpha value is -1.76. The largest absolute Gasteiger partial charge is 0.414 e. The van der Waals surface area contributed by atoms with Gasteiger partial charge in [-0.15, -0.1) is 0 Å². The molecule has 24 heavy (non-hydrogen) atoms. The summed E-state index contributed by atoms with van der Waals surface area (Å²) in [6.45, 7) is 2.94. The highest BCUT2D eigenvalue weighted by Crippen LogP contribution is 2.31. The molecule has 0 saturated carbocycles. The molecule has 1 heterocycles. The number of aryl methyl sites for hydroxylation is 1. The van der Waals surface area contributed by atoms with Crippen LogP contribution < -0.4 is 5.32 Å². The van der Waals surface area contributed by atoms with E-state index in [2.05, 4.69) is 11.4 Å². The van der Waals surface area contributed by atoms with Gasteiger partial charge in [0.05, 0.1) is 0 Å². The van der Waals surface area contributed by atoms with E-state index >= 15 is 0 Å². The van der Waals surface area contributed by atoms with Gasteiger partial charge in [0.15, 0.2) is 6.10 Å². The van der Waals surface area contributed by atoms with Crippen molar-refractivity contribution in [2.24, 2.45) is 5.92 Å². The maximum Gasteiger partial charge on any atom is 0.414 e. The van der Waals surface area contributed by atoms with Crippen LogP contribution in [-0.2, 0) is 6.42 Å². The van der Waals surface area contributed by atoms with E-state index in [9.17, 15) is 23.1 Å². The molecule has 0 spiro atoms. The number of aliphatic hydroxyl groups excluding tert-OH is 1. The highest BCUT2D eigenvalue weighted by Gasteiger charge is 2.44. The van der Waals surface area contributed by atoms with Crippen LogP contribution in [0, 0.1) is 12.8 Å². The van der Waals surface area contributed by atoms with Gasteiger partial charge < -0.3 is 15.3 Å². The molecule has 2 rings (SSSR count). The number of piperidine rings is 1. The van der Waals surface area contributed by atoms with Gasteiger partial charge in [-0.05, 0) is 37.7 Å². The minimum absolute atomic E-state index is 0.159. The smallest absolute Gasteiger partial charge is 0.383 e. The van der Waals surface area contributed by atoms with E-state index in [1.165, 1.54) is 4.90 Å². The van der Waals surface area contributed by atoms with Crippen LogP contribution in [0.5, 0.6) is 0 Å². The molecule has 0 aliphatic carbocycles. The monoisotopic (exact) mass is 344 g/mol. The summed E-state index contributed by atoms with van der Waals surface area (Å²) in [6.07, 6.45) is -5.87. The van der Waals surface area contributed by atoms with Crippen LogP contribution in [-0.4, -0.2) is 48.0 Å². The number of benzene rings is 1. The number of alkyl halides is 3. The molecule has 4 nitrogen and oxygen atoms in total. The van der Waals surface area contributed by atoms with Gasteiger partial charge in [0.2, 0.25) is 0 Å². The molecule has 1 saturated heterocycles. The number of hydrogen-bond acceptors (Lipinski definition) is 2. The highest BCUT2D eigenvalue weighted by molar-refractivity contribution is 5.74. The fourth-order valence-corrected chi connectivity index (χ4v) is 2.98. The van der Waals surface area contributed by atoms with Crippen molar-refractivity contribution in [3.05, 3.63) is 35.4 Å². The molecular formula is C17H23F3N2O2. The predicted molar refractivity (Wildman–Crippen MR) is 84.6 cm³/mol. The molecule has 1 aliphatic heterocycles. The summed E-state index contributed by atoms with van der Waals surface area (Å²) in [6, 6.07) is 7.74. The maximum absolute atomic E-state index is 12.5. The van der Waals surface area contributed by atoms with E-state index in [1.54, 1.807) is 0 Å². The SMILES string of the molecule is Cc1cccc(CCNC(=O)N2CCC(C(O)C(F)(F)F)CC2)c1. The fraction of sp³-hybridized carbons (Fsp3) is 0.588. The zero-order valence-corrected chi connectivity index (χ0v) is 13.6. The molecular weight excluding hydrogens is 321 g/mol. The molecule has 7 heteroatoms. The number of nitrogens with one attached hydrogen (secondary N) is 1. The third kappa shape index (κ3) is 5.12. The number of halogens is 3. The van der Waals surface area contributed by atoms with E-state index in [1.807, 2.05) is 25.1 Å². The Morgan fingerprint density at radius 1 is 1.38 bits per heavy atom. The summed E-state index contributed by atoms with van der Waals surface area (Å²) in [5, 5.41) is 12.1. The quantitative estimate of drug-likeness (QED) is 0.882. The summed E-state index contributed by atoms with van der Waals surface area (Å²) in [5.74, 6) is -0.832. The molecule has 1 aliphatic rings. The molecule has 1 atom stereocenters. The molecule has 2 N–H and O–H groups in total. The second kappa shape index (κ2) is 7.88. The van der Waals surface area contributed by atoms with Crippen LogP contribution in [0.3, 0.4) is 0 Å². The van der Waals surface area contributed by atoms with Gasteiger partial charge in [0.25, 0.3) is 0 Å². The zero-order valence-electron chi connectivity index (χ0n) is 13.6. The number of rotatable bonds is 4. The second-order valence-electron chi connectivity index (χ2n) is 6.28. The number of urea groups is 1. The van der Waals surface area contributed by atoms with Gasteiger partial charge in [0.1, 0.15) is 0 Å². The molecule has 0 aromatic heterocycles. The van der Waals surface area contributed by atoms with E-state index in [4.69, 9.17) is 0 Å². The Morgan fingerprint density at radius 2 is 2.04 bits per heavy atom. The Labute approximate surface area is 139 Å². The third-order valence-electron chi connectivity index (χ3n) is 4.38. The van der Waals surface area contributed by atoms with Crippen molar-refractivity contribution in [2.75, 3.05) is 19.6 Å².